The summed E-state index contributed by atoms with van der Waals surface area (Å²) in [7, 11) is 0. The minimum absolute atomic E-state index is 0. The van der Waals surface area contributed by atoms with E-state index in [4.69, 9.17) is 5.73 Å². The molecule has 0 saturated carbocycles. The summed E-state index contributed by atoms with van der Waals surface area (Å²) in [4.78, 5) is 11.7. The summed E-state index contributed by atoms with van der Waals surface area (Å²) in [5.41, 5.74) is 7.45. The number of carbonyl (C=O) groups is 1. The van der Waals surface area contributed by atoms with Gasteiger partial charge in [-0.05, 0) is 26.3 Å². The third-order valence-electron chi connectivity index (χ3n) is 2.47. The first-order chi connectivity index (χ1) is 7.43. The number of nitrogens with one attached hydrogen (secondary N) is 1. The second-order valence-corrected chi connectivity index (χ2v) is 4.80. The van der Waals surface area contributed by atoms with Gasteiger partial charge in [0.1, 0.15) is 0 Å². The zero-order chi connectivity index (χ0) is 12.2. The molecule has 0 aliphatic heterocycles. The normalized spacial score (nSPS) is 10.6. The summed E-state index contributed by atoms with van der Waals surface area (Å²) in [6.45, 7) is 6.30. The van der Waals surface area contributed by atoms with Crippen molar-refractivity contribution >= 4 is 18.3 Å². The Balaban J connectivity index is 0.00000256. The molecule has 96 valence electrons. The van der Waals surface area contributed by atoms with Gasteiger partial charge in [0.05, 0.1) is 6.42 Å². The van der Waals surface area contributed by atoms with E-state index < -0.39 is 0 Å². The average molecular weight is 257 g/mol. The van der Waals surface area contributed by atoms with Crippen LogP contribution in [-0.4, -0.2) is 18.0 Å². The Morgan fingerprint density at radius 3 is 2.29 bits per heavy atom. The molecule has 3 nitrogen and oxygen atoms in total. The van der Waals surface area contributed by atoms with E-state index in [9.17, 15) is 4.79 Å². The molecule has 1 rings (SSSR count). The molecule has 1 amide bonds. The molecule has 3 N–H and O–H groups in total. The lowest BCUT2D eigenvalue weighted by Gasteiger charge is -2.24. The molecule has 0 aliphatic carbocycles. The van der Waals surface area contributed by atoms with Crippen LogP contribution in [0.25, 0.3) is 0 Å². The van der Waals surface area contributed by atoms with Crippen molar-refractivity contribution < 1.29 is 4.79 Å². The molecule has 0 bridgehead atoms. The third kappa shape index (κ3) is 5.71. The van der Waals surface area contributed by atoms with Gasteiger partial charge in [0, 0.05) is 12.1 Å². The molecule has 1 aromatic rings. The number of benzene rings is 1. The summed E-state index contributed by atoms with van der Waals surface area (Å²) in [5, 5.41) is 2.91. The van der Waals surface area contributed by atoms with Gasteiger partial charge in [-0.2, -0.15) is 0 Å². The molecule has 0 unspecified atom stereocenters. The van der Waals surface area contributed by atoms with E-state index in [2.05, 4.69) is 5.32 Å². The van der Waals surface area contributed by atoms with E-state index >= 15 is 0 Å². The smallest absolute Gasteiger partial charge is 0.224 e. The van der Waals surface area contributed by atoms with Crippen molar-refractivity contribution in [1.82, 2.24) is 5.32 Å². The fraction of sp³-hybridized carbons (Fsp3) is 0.462. The second kappa shape index (κ2) is 6.62. The Morgan fingerprint density at radius 1 is 1.29 bits per heavy atom. The molecule has 0 aliphatic rings. The molecule has 0 heterocycles. The fourth-order valence-electron chi connectivity index (χ4n) is 1.36. The highest BCUT2D eigenvalue weighted by molar-refractivity contribution is 5.85. The molecule has 0 atom stereocenters. The highest BCUT2D eigenvalue weighted by Gasteiger charge is 2.17. The summed E-state index contributed by atoms with van der Waals surface area (Å²) in [6.07, 6.45) is 0.406. The SMILES string of the molecule is Cc1ccc(CC(=O)NC(C)(C)CN)cc1.Cl. The predicted octanol–water partition coefficient (Wildman–Crippen LogP) is 1.81. The van der Waals surface area contributed by atoms with Gasteiger partial charge in [0.15, 0.2) is 0 Å². The largest absolute Gasteiger partial charge is 0.350 e. The first kappa shape index (κ1) is 15.9. The van der Waals surface area contributed by atoms with Crippen LogP contribution < -0.4 is 11.1 Å². The summed E-state index contributed by atoms with van der Waals surface area (Å²) >= 11 is 0. The van der Waals surface area contributed by atoms with Gasteiger partial charge >= 0.3 is 0 Å². The minimum Gasteiger partial charge on any atom is -0.350 e. The van der Waals surface area contributed by atoms with Crippen molar-refractivity contribution in [2.75, 3.05) is 6.54 Å². The molecule has 1 aromatic carbocycles. The maximum absolute atomic E-state index is 11.7. The fourth-order valence-corrected chi connectivity index (χ4v) is 1.36. The van der Waals surface area contributed by atoms with Crippen molar-refractivity contribution in [3.63, 3.8) is 0 Å². The highest BCUT2D eigenvalue weighted by Crippen LogP contribution is 2.05. The van der Waals surface area contributed by atoms with Crippen LogP contribution in [0.3, 0.4) is 0 Å². The van der Waals surface area contributed by atoms with Gasteiger partial charge in [-0.15, -0.1) is 12.4 Å². The first-order valence-electron chi connectivity index (χ1n) is 5.49. The van der Waals surface area contributed by atoms with Crippen molar-refractivity contribution in [3.8, 4) is 0 Å². The van der Waals surface area contributed by atoms with Gasteiger partial charge in [-0.3, -0.25) is 4.79 Å². The maximum atomic E-state index is 11.7. The minimum atomic E-state index is -0.332. The topological polar surface area (TPSA) is 55.1 Å². The maximum Gasteiger partial charge on any atom is 0.224 e. The van der Waals surface area contributed by atoms with Crippen LogP contribution in [0, 0.1) is 6.92 Å². The van der Waals surface area contributed by atoms with Crippen molar-refractivity contribution in [2.45, 2.75) is 32.7 Å². The predicted molar refractivity (Wildman–Crippen MR) is 73.4 cm³/mol. The van der Waals surface area contributed by atoms with Crippen LogP contribution in [0.1, 0.15) is 25.0 Å². The van der Waals surface area contributed by atoms with Crippen LogP contribution in [0.2, 0.25) is 0 Å². The highest BCUT2D eigenvalue weighted by atomic mass is 35.5. The van der Waals surface area contributed by atoms with Crippen LogP contribution >= 0.6 is 12.4 Å². The Hall–Kier alpha value is -1.06. The zero-order valence-electron chi connectivity index (χ0n) is 10.6. The van der Waals surface area contributed by atoms with Gasteiger partial charge < -0.3 is 11.1 Å². The Kier molecular flexibility index (Phi) is 6.21. The Labute approximate surface area is 109 Å². The van der Waals surface area contributed by atoms with E-state index in [1.165, 1.54) is 5.56 Å². The van der Waals surface area contributed by atoms with E-state index in [1.807, 2.05) is 45.0 Å². The monoisotopic (exact) mass is 256 g/mol. The molecular formula is C13H21ClN2O. The number of hydrogen-bond acceptors (Lipinski definition) is 2. The standard InChI is InChI=1S/C13H20N2O.ClH/c1-10-4-6-11(7-5-10)8-12(16)15-13(2,3)9-14;/h4-7H,8-9,14H2,1-3H3,(H,15,16);1H. The van der Waals surface area contributed by atoms with Gasteiger partial charge in [-0.1, -0.05) is 29.8 Å². The lowest BCUT2D eigenvalue weighted by molar-refractivity contribution is -0.121. The quantitative estimate of drug-likeness (QED) is 0.863. The molecule has 0 spiro atoms. The van der Waals surface area contributed by atoms with E-state index in [0.29, 0.717) is 13.0 Å². The summed E-state index contributed by atoms with van der Waals surface area (Å²) in [5.74, 6) is 0.0132. The molecule has 0 saturated heterocycles. The number of halogens is 1. The Morgan fingerprint density at radius 2 is 1.82 bits per heavy atom. The molecule has 17 heavy (non-hydrogen) atoms. The second-order valence-electron chi connectivity index (χ2n) is 4.80. The number of carbonyl (C=O) groups excluding carboxylic acids is 1. The summed E-state index contributed by atoms with van der Waals surface area (Å²) < 4.78 is 0. The molecule has 0 fully saturated rings. The van der Waals surface area contributed by atoms with E-state index in [0.717, 1.165) is 5.56 Å². The third-order valence-corrected chi connectivity index (χ3v) is 2.47. The summed E-state index contributed by atoms with van der Waals surface area (Å²) in [6, 6.07) is 7.97. The Bertz CT molecular complexity index is 360. The number of hydrogen-bond donors (Lipinski definition) is 2. The van der Waals surface area contributed by atoms with Crippen molar-refractivity contribution in [1.29, 1.82) is 0 Å². The van der Waals surface area contributed by atoms with Crippen molar-refractivity contribution in [3.05, 3.63) is 35.4 Å². The van der Waals surface area contributed by atoms with Crippen molar-refractivity contribution in [2.24, 2.45) is 5.73 Å². The number of aryl methyl sites for hydroxylation is 1. The molecular weight excluding hydrogens is 236 g/mol. The van der Waals surface area contributed by atoms with E-state index in [-0.39, 0.29) is 23.9 Å². The van der Waals surface area contributed by atoms with E-state index in [1.54, 1.807) is 0 Å². The van der Waals surface area contributed by atoms with Crippen LogP contribution in [0.5, 0.6) is 0 Å². The molecule has 4 heteroatoms. The van der Waals surface area contributed by atoms with Crippen LogP contribution in [0.4, 0.5) is 0 Å². The number of rotatable bonds is 4. The lowest BCUT2D eigenvalue weighted by Crippen LogP contribution is -2.49. The number of amides is 1. The molecule has 0 radical (unpaired) electrons. The van der Waals surface area contributed by atoms with Gasteiger partial charge in [0.2, 0.25) is 5.91 Å². The van der Waals surface area contributed by atoms with Crippen LogP contribution in [-0.2, 0) is 11.2 Å². The lowest BCUT2D eigenvalue weighted by atomic mass is 10.0. The van der Waals surface area contributed by atoms with Gasteiger partial charge in [-0.25, -0.2) is 0 Å². The molecule has 0 aromatic heterocycles. The first-order valence-corrected chi connectivity index (χ1v) is 5.49. The average Bonchev–Trinajstić information content (AvgIpc) is 2.21. The zero-order valence-corrected chi connectivity index (χ0v) is 11.4. The number of nitrogens with two attached hydrogens (primary N) is 1. The van der Waals surface area contributed by atoms with Crippen LogP contribution in [0.15, 0.2) is 24.3 Å². The van der Waals surface area contributed by atoms with Gasteiger partial charge in [0.25, 0.3) is 0 Å².